The molecule has 0 aromatic rings. The molecule has 8 heteroatoms. The van der Waals surface area contributed by atoms with Crippen LogP contribution in [-0.2, 0) is 24.0 Å². The first kappa shape index (κ1) is 12.9. The maximum absolute atomic E-state index is 11.9. The molecular weight excluding hydrogens is 256 g/mol. The zero-order chi connectivity index (χ0) is 14.2. The van der Waals surface area contributed by atoms with Gasteiger partial charge in [-0.3, -0.25) is 34.2 Å². The van der Waals surface area contributed by atoms with Gasteiger partial charge in [-0.25, -0.2) is 0 Å². The highest BCUT2D eigenvalue weighted by Gasteiger charge is 2.42. The first-order valence-electron chi connectivity index (χ1n) is 5.53. The Balaban J connectivity index is 2.17. The van der Waals surface area contributed by atoms with E-state index in [2.05, 4.69) is 0 Å². The summed E-state index contributed by atoms with van der Waals surface area (Å²) in [5.74, 6) is -3.93. The number of hydrogen-bond donors (Lipinski definition) is 2. The van der Waals surface area contributed by atoms with Gasteiger partial charge >= 0.3 is 5.97 Å². The minimum atomic E-state index is -1.24. The molecule has 2 rings (SSSR count). The van der Waals surface area contributed by atoms with Gasteiger partial charge in [-0.2, -0.15) is 0 Å². The van der Waals surface area contributed by atoms with E-state index in [0.717, 1.165) is 6.08 Å². The van der Waals surface area contributed by atoms with E-state index in [1.54, 1.807) is 0 Å². The predicted molar refractivity (Wildman–Crippen MR) is 58.4 cm³/mol. The van der Waals surface area contributed by atoms with Crippen molar-refractivity contribution in [1.82, 2.24) is 10.2 Å². The van der Waals surface area contributed by atoms with Crippen LogP contribution >= 0.6 is 0 Å². The van der Waals surface area contributed by atoms with Gasteiger partial charge < -0.3 is 5.11 Å². The number of carbonyl (C=O) groups excluding carboxylic acids is 4. The van der Waals surface area contributed by atoms with Crippen molar-refractivity contribution in [2.75, 3.05) is 0 Å². The molecule has 0 aromatic heterocycles. The number of amides is 4. The second-order valence-electron chi connectivity index (χ2n) is 4.22. The molecule has 1 saturated heterocycles. The molecule has 1 unspecified atom stereocenters. The Labute approximate surface area is 107 Å². The quantitative estimate of drug-likeness (QED) is 0.603. The zero-order valence-corrected chi connectivity index (χ0v) is 9.71. The average Bonchev–Trinajstić information content (AvgIpc) is 2.55. The number of rotatable bonds is 3. The third-order valence-corrected chi connectivity index (χ3v) is 2.89. The monoisotopic (exact) mass is 266 g/mol. The summed E-state index contributed by atoms with van der Waals surface area (Å²) in [5.41, 5.74) is -0.165. The molecule has 19 heavy (non-hydrogen) atoms. The minimum Gasteiger partial charge on any atom is -0.481 e. The fourth-order valence-electron chi connectivity index (χ4n) is 2.05. The molecule has 1 atom stereocenters. The van der Waals surface area contributed by atoms with Gasteiger partial charge in [-0.1, -0.05) is 0 Å². The second-order valence-corrected chi connectivity index (χ2v) is 4.22. The van der Waals surface area contributed by atoms with Gasteiger partial charge in [0.05, 0.1) is 6.42 Å². The Morgan fingerprint density at radius 3 is 2.63 bits per heavy atom. The summed E-state index contributed by atoms with van der Waals surface area (Å²) >= 11 is 0. The number of imide groups is 2. The Morgan fingerprint density at radius 2 is 2.05 bits per heavy atom. The molecular formula is C11H10N2O6. The van der Waals surface area contributed by atoms with Gasteiger partial charge in [0.1, 0.15) is 6.04 Å². The van der Waals surface area contributed by atoms with E-state index in [0.29, 0.717) is 4.90 Å². The predicted octanol–water partition coefficient (Wildman–Crippen LogP) is -1.44. The van der Waals surface area contributed by atoms with Crippen molar-refractivity contribution in [3.05, 3.63) is 11.6 Å². The van der Waals surface area contributed by atoms with Gasteiger partial charge in [-0.15, -0.1) is 0 Å². The number of nitrogens with zero attached hydrogens (tertiary/aromatic N) is 1. The summed E-state index contributed by atoms with van der Waals surface area (Å²) < 4.78 is 0. The number of piperidine rings is 1. The Morgan fingerprint density at radius 1 is 1.37 bits per heavy atom. The van der Waals surface area contributed by atoms with Crippen LogP contribution in [0.3, 0.4) is 0 Å². The molecule has 0 radical (unpaired) electrons. The number of aliphatic carboxylic acids is 1. The van der Waals surface area contributed by atoms with Gasteiger partial charge in [0.2, 0.25) is 11.8 Å². The highest BCUT2D eigenvalue weighted by Crippen LogP contribution is 2.22. The molecule has 4 amide bonds. The van der Waals surface area contributed by atoms with Crippen LogP contribution in [0.4, 0.5) is 0 Å². The smallest absolute Gasteiger partial charge is 0.308 e. The number of carbonyl (C=O) groups is 5. The van der Waals surface area contributed by atoms with E-state index in [-0.39, 0.29) is 18.4 Å². The van der Waals surface area contributed by atoms with Crippen LogP contribution in [0.5, 0.6) is 0 Å². The van der Waals surface area contributed by atoms with Crippen molar-refractivity contribution >= 4 is 29.6 Å². The van der Waals surface area contributed by atoms with Gasteiger partial charge in [0.25, 0.3) is 11.8 Å². The van der Waals surface area contributed by atoms with E-state index in [1.165, 1.54) is 0 Å². The van der Waals surface area contributed by atoms with Crippen LogP contribution < -0.4 is 5.32 Å². The fraction of sp³-hybridized carbons (Fsp3) is 0.364. The molecule has 0 aromatic carbocycles. The van der Waals surface area contributed by atoms with Crippen LogP contribution in [0.25, 0.3) is 0 Å². The van der Waals surface area contributed by atoms with Gasteiger partial charge in [0, 0.05) is 18.1 Å². The molecule has 0 aliphatic carbocycles. The van der Waals surface area contributed by atoms with Crippen LogP contribution in [0.1, 0.15) is 19.3 Å². The average molecular weight is 266 g/mol. The Hall–Kier alpha value is -2.51. The van der Waals surface area contributed by atoms with Crippen molar-refractivity contribution in [1.29, 1.82) is 0 Å². The van der Waals surface area contributed by atoms with Crippen LogP contribution in [0.15, 0.2) is 11.6 Å². The number of carboxylic acids is 1. The topological polar surface area (TPSA) is 121 Å². The third-order valence-electron chi connectivity index (χ3n) is 2.89. The lowest BCUT2D eigenvalue weighted by Gasteiger charge is -2.28. The maximum atomic E-state index is 11.9. The summed E-state index contributed by atoms with van der Waals surface area (Å²) in [6.07, 6.45) is 0.423. The van der Waals surface area contributed by atoms with Gasteiger partial charge in [-0.05, 0) is 6.42 Å². The van der Waals surface area contributed by atoms with Crippen molar-refractivity contribution < 1.29 is 29.1 Å². The second kappa shape index (κ2) is 4.63. The van der Waals surface area contributed by atoms with Crippen molar-refractivity contribution in [2.45, 2.75) is 25.3 Å². The first-order valence-corrected chi connectivity index (χ1v) is 5.53. The lowest BCUT2D eigenvalue weighted by atomic mass is 10.0. The third kappa shape index (κ3) is 2.37. The highest BCUT2D eigenvalue weighted by molar-refractivity contribution is 6.20. The molecule has 8 nitrogen and oxygen atoms in total. The van der Waals surface area contributed by atoms with E-state index in [1.807, 2.05) is 5.32 Å². The summed E-state index contributed by atoms with van der Waals surface area (Å²) in [6, 6.07) is -1.06. The van der Waals surface area contributed by atoms with E-state index < -0.39 is 42.1 Å². The molecule has 0 bridgehead atoms. The standard InChI is InChI=1S/C11H10N2O6/c14-7-2-1-6(10(18)12-7)13-8(15)3-5(11(13)19)4-9(16)17/h3,6H,1-2,4H2,(H,16,17)(H,12,14,18). The summed E-state index contributed by atoms with van der Waals surface area (Å²) in [4.78, 5) is 57.4. The number of nitrogens with one attached hydrogen (secondary N) is 1. The highest BCUT2D eigenvalue weighted by atomic mass is 16.4. The normalized spacial score (nSPS) is 23.5. The Kier molecular flexibility index (Phi) is 3.16. The first-order chi connectivity index (χ1) is 8.90. The summed E-state index contributed by atoms with van der Waals surface area (Å²) in [6.45, 7) is 0. The lowest BCUT2D eigenvalue weighted by molar-refractivity contribution is -0.150. The van der Waals surface area contributed by atoms with Crippen molar-refractivity contribution in [3.8, 4) is 0 Å². The van der Waals surface area contributed by atoms with E-state index in [4.69, 9.17) is 5.11 Å². The lowest BCUT2D eigenvalue weighted by Crippen LogP contribution is -2.54. The molecule has 0 spiro atoms. The number of hydrogen-bond acceptors (Lipinski definition) is 5. The van der Waals surface area contributed by atoms with Crippen LogP contribution in [0, 0.1) is 0 Å². The molecule has 100 valence electrons. The zero-order valence-electron chi connectivity index (χ0n) is 9.71. The van der Waals surface area contributed by atoms with Crippen molar-refractivity contribution in [2.24, 2.45) is 0 Å². The van der Waals surface area contributed by atoms with Gasteiger partial charge in [0.15, 0.2) is 0 Å². The van der Waals surface area contributed by atoms with Crippen molar-refractivity contribution in [3.63, 3.8) is 0 Å². The van der Waals surface area contributed by atoms with Crippen LogP contribution in [0.2, 0.25) is 0 Å². The van der Waals surface area contributed by atoms with Crippen LogP contribution in [-0.4, -0.2) is 45.6 Å². The SMILES string of the molecule is O=C(O)CC1=CC(=O)N(C2CCC(=O)NC2=O)C1=O. The molecule has 2 N–H and O–H groups in total. The number of carboxylic acid groups (broad SMARTS) is 1. The molecule has 2 aliphatic rings. The molecule has 0 saturated carbocycles. The molecule has 2 heterocycles. The summed E-state index contributed by atoms with van der Waals surface area (Å²) in [7, 11) is 0. The minimum absolute atomic E-state index is 0.0295. The molecule has 2 aliphatic heterocycles. The Bertz CT molecular complexity index is 535. The van der Waals surface area contributed by atoms with E-state index in [9.17, 15) is 24.0 Å². The van der Waals surface area contributed by atoms with E-state index >= 15 is 0 Å². The maximum Gasteiger partial charge on any atom is 0.308 e. The summed E-state index contributed by atoms with van der Waals surface area (Å²) in [5, 5.41) is 10.7. The largest absolute Gasteiger partial charge is 0.481 e. The molecule has 1 fully saturated rings. The fourth-order valence-corrected chi connectivity index (χ4v) is 2.05.